The first kappa shape index (κ1) is 23.2. The second-order valence-electron chi connectivity index (χ2n) is 8.23. The molecule has 2 amide bonds. The van der Waals surface area contributed by atoms with Crippen molar-refractivity contribution >= 4 is 35.0 Å². The Morgan fingerprint density at radius 3 is 2.55 bits per heavy atom. The molecular weight excluding hydrogens is 386 g/mol. The van der Waals surface area contributed by atoms with Crippen LogP contribution in [0.15, 0.2) is 42.5 Å². The molecule has 1 aliphatic heterocycles. The lowest BCUT2D eigenvalue weighted by molar-refractivity contribution is -0.130. The molecule has 0 radical (unpaired) electrons. The van der Waals surface area contributed by atoms with Crippen LogP contribution >= 0.6 is 12.4 Å². The summed E-state index contributed by atoms with van der Waals surface area (Å²) in [5.41, 5.74) is 0.950. The average molecular weight is 418 g/mol. The second-order valence-corrected chi connectivity index (χ2v) is 8.23. The summed E-state index contributed by atoms with van der Waals surface area (Å²) in [6, 6.07) is 14.2. The Labute approximate surface area is 179 Å². The average Bonchev–Trinajstić information content (AvgIpc) is 2.65. The number of piperidine rings is 1. The van der Waals surface area contributed by atoms with Gasteiger partial charge in [-0.3, -0.25) is 9.59 Å². The van der Waals surface area contributed by atoms with Crippen molar-refractivity contribution in [2.75, 3.05) is 6.54 Å². The molecule has 1 saturated heterocycles. The van der Waals surface area contributed by atoms with E-state index in [9.17, 15) is 9.59 Å². The largest absolute Gasteiger partial charge is 0.351 e. The van der Waals surface area contributed by atoms with Gasteiger partial charge < -0.3 is 16.0 Å². The predicted molar refractivity (Wildman–Crippen MR) is 120 cm³/mol. The Morgan fingerprint density at radius 2 is 1.86 bits per heavy atom. The van der Waals surface area contributed by atoms with Gasteiger partial charge >= 0.3 is 0 Å². The Morgan fingerprint density at radius 1 is 1.14 bits per heavy atom. The standard InChI is InChI=1S/C23H31N3O2.ClH/c1-15(2)22(23(28)25-20-10-11-24-16(3)12-20)26-21(27)14-17-8-9-18-6-4-5-7-19(18)13-17;/h4-9,13,15-16,20,22,24H,10-12,14H2,1-3H3,(H,25,28)(H,26,27);1H. The summed E-state index contributed by atoms with van der Waals surface area (Å²) in [7, 11) is 0. The molecule has 3 atom stereocenters. The summed E-state index contributed by atoms with van der Waals surface area (Å²) in [4.78, 5) is 25.4. The van der Waals surface area contributed by atoms with Gasteiger partial charge in [-0.05, 0) is 48.6 Å². The SMILES string of the molecule is CC1CC(NC(=O)C(NC(=O)Cc2ccc3ccccc3c2)C(C)C)CCN1.Cl. The van der Waals surface area contributed by atoms with Crippen molar-refractivity contribution < 1.29 is 9.59 Å². The molecule has 0 saturated carbocycles. The van der Waals surface area contributed by atoms with Crippen LogP contribution in [-0.4, -0.2) is 36.5 Å². The lowest BCUT2D eigenvalue weighted by Gasteiger charge is -2.31. The van der Waals surface area contributed by atoms with Gasteiger partial charge in [0.05, 0.1) is 6.42 Å². The molecule has 1 heterocycles. The van der Waals surface area contributed by atoms with E-state index < -0.39 is 6.04 Å². The molecule has 2 aromatic carbocycles. The molecular formula is C23H32ClN3O2. The number of benzene rings is 2. The lowest BCUT2D eigenvalue weighted by atomic mass is 9.98. The first-order valence-corrected chi connectivity index (χ1v) is 10.2. The van der Waals surface area contributed by atoms with Gasteiger partial charge in [-0.2, -0.15) is 0 Å². The van der Waals surface area contributed by atoms with E-state index in [1.807, 2.05) is 50.2 Å². The minimum atomic E-state index is -0.516. The van der Waals surface area contributed by atoms with Crippen LogP contribution in [0.25, 0.3) is 10.8 Å². The van der Waals surface area contributed by atoms with Gasteiger partial charge in [0.2, 0.25) is 11.8 Å². The quantitative estimate of drug-likeness (QED) is 0.675. The maximum absolute atomic E-state index is 12.8. The highest BCUT2D eigenvalue weighted by Gasteiger charge is 2.27. The molecule has 3 N–H and O–H groups in total. The first-order valence-electron chi connectivity index (χ1n) is 10.2. The Hall–Kier alpha value is -2.11. The number of hydrogen-bond acceptors (Lipinski definition) is 3. The molecule has 6 heteroatoms. The van der Waals surface area contributed by atoms with Crippen LogP contribution in [-0.2, 0) is 16.0 Å². The lowest BCUT2D eigenvalue weighted by Crippen LogP contribution is -2.54. The van der Waals surface area contributed by atoms with Crippen molar-refractivity contribution in [3.05, 3.63) is 48.0 Å². The number of amides is 2. The molecule has 0 aromatic heterocycles. The zero-order valence-corrected chi connectivity index (χ0v) is 18.2. The van der Waals surface area contributed by atoms with Crippen LogP contribution in [0.1, 0.15) is 39.2 Å². The Bertz CT molecular complexity index is 840. The minimum Gasteiger partial charge on any atom is -0.351 e. The summed E-state index contributed by atoms with van der Waals surface area (Å²) in [6.07, 6.45) is 2.11. The van der Waals surface area contributed by atoms with E-state index in [0.29, 0.717) is 6.04 Å². The number of rotatable bonds is 6. The molecule has 0 bridgehead atoms. The molecule has 3 rings (SSSR count). The number of hydrogen-bond donors (Lipinski definition) is 3. The number of carbonyl (C=O) groups excluding carboxylic acids is 2. The predicted octanol–water partition coefficient (Wildman–Crippen LogP) is 3.20. The topological polar surface area (TPSA) is 70.2 Å². The molecule has 1 aliphatic rings. The van der Waals surface area contributed by atoms with Crippen molar-refractivity contribution in [3.8, 4) is 0 Å². The summed E-state index contributed by atoms with van der Waals surface area (Å²) in [6.45, 7) is 6.97. The van der Waals surface area contributed by atoms with Gasteiger partial charge in [0.15, 0.2) is 0 Å². The van der Waals surface area contributed by atoms with E-state index in [4.69, 9.17) is 0 Å². The third kappa shape index (κ3) is 6.44. The highest BCUT2D eigenvalue weighted by Crippen LogP contribution is 2.16. The van der Waals surface area contributed by atoms with Gasteiger partial charge in [0.1, 0.15) is 6.04 Å². The van der Waals surface area contributed by atoms with Crippen molar-refractivity contribution in [3.63, 3.8) is 0 Å². The smallest absolute Gasteiger partial charge is 0.243 e. The van der Waals surface area contributed by atoms with Crippen molar-refractivity contribution in [1.82, 2.24) is 16.0 Å². The first-order chi connectivity index (χ1) is 13.4. The molecule has 0 aliphatic carbocycles. The van der Waals surface area contributed by atoms with E-state index in [1.54, 1.807) is 0 Å². The Kier molecular flexibility index (Phi) is 8.47. The third-order valence-electron chi connectivity index (χ3n) is 5.41. The van der Waals surface area contributed by atoms with Crippen LogP contribution in [0.3, 0.4) is 0 Å². The second kappa shape index (κ2) is 10.6. The van der Waals surface area contributed by atoms with Crippen molar-refractivity contribution in [1.29, 1.82) is 0 Å². The highest BCUT2D eigenvalue weighted by atomic mass is 35.5. The number of carbonyl (C=O) groups is 2. The molecule has 5 nitrogen and oxygen atoms in total. The van der Waals surface area contributed by atoms with E-state index in [2.05, 4.69) is 28.9 Å². The van der Waals surface area contributed by atoms with E-state index in [-0.39, 0.29) is 42.6 Å². The third-order valence-corrected chi connectivity index (χ3v) is 5.41. The summed E-state index contributed by atoms with van der Waals surface area (Å²) < 4.78 is 0. The van der Waals surface area contributed by atoms with Gasteiger partial charge in [0, 0.05) is 12.1 Å². The van der Waals surface area contributed by atoms with E-state index in [0.717, 1.165) is 35.7 Å². The monoisotopic (exact) mass is 417 g/mol. The zero-order valence-electron chi connectivity index (χ0n) is 17.4. The molecule has 158 valence electrons. The van der Waals surface area contributed by atoms with Gasteiger partial charge in [-0.25, -0.2) is 0 Å². The van der Waals surface area contributed by atoms with Crippen LogP contribution < -0.4 is 16.0 Å². The molecule has 29 heavy (non-hydrogen) atoms. The van der Waals surface area contributed by atoms with Crippen molar-refractivity contribution in [2.45, 2.75) is 58.2 Å². The fourth-order valence-electron chi connectivity index (χ4n) is 3.85. The normalized spacial score (nSPS) is 20.0. The van der Waals surface area contributed by atoms with Crippen LogP contribution in [0.4, 0.5) is 0 Å². The summed E-state index contributed by atoms with van der Waals surface area (Å²) in [5, 5.41) is 11.7. The fraction of sp³-hybridized carbons (Fsp3) is 0.478. The molecule has 3 unspecified atom stereocenters. The minimum absolute atomic E-state index is 0. The molecule has 0 spiro atoms. The maximum atomic E-state index is 12.8. The van der Waals surface area contributed by atoms with Gasteiger partial charge in [0.25, 0.3) is 0 Å². The Balaban J connectivity index is 0.00000300. The van der Waals surface area contributed by atoms with Crippen LogP contribution in [0.5, 0.6) is 0 Å². The summed E-state index contributed by atoms with van der Waals surface area (Å²) in [5.74, 6) is -0.177. The fourth-order valence-corrected chi connectivity index (χ4v) is 3.85. The summed E-state index contributed by atoms with van der Waals surface area (Å²) >= 11 is 0. The zero-order chi connectivity index (χ0) is 20.1. The number of nitrogens with one attached hydrogen (secondary N) is 3. The number of halogens is 1. The molecule has 2 aromatic rings. The highest BCUT2D eigenvalue weighted by molar-refractivity contribution is 5.90. The van der Waals surface area contributed by atoms with Crippen LogP contribution in [0, 0.1) is 5.92 Å². The van der Waals surface area contributed by atoms with E-state index >= 15 is 0 Å². The molecule has 1 fully saturated rings. The van der Waals surface area contributed by atoms with Gasteiger partial charge in [-0.15, -0.1) is 12.4 Å². The maximum Gasteiger partial charge on any atom is 0.243 e. The van der Waals surface area contributed by atoms with Crippen molar-refractivity contribution in [2.24, 2.45) is 5.92 Å². The van der Waals surface area contributed by atoms with Gasteiger partial charge in [-0.1, -0.05) is 56.3 Å². The van der Waals surface area contributed by atoms with Crippen LogP contribution in [0.2, 0.25) is 0 Å². The van der Waals surface area contributed by atoms with E-state index in [1.165, 1.54) is 0 Å². The number of fused-ring (bicyclic) bond motifs is 1.